The summed E-state index contributed by atoms with van der Waals surface area (Å²) in [7, 11) is 2.94. The summed E-state index contributed by atoms with van der Waals surface area (Å²) in [4.78, 5) is 59.2. The van der Waals surface area contributed by atoms with Crippen LogP contribution in [-0.4, -0.2) is 108 Å². The smallest absolute Gasteiger partial charge is 0.242 e. The van der Waals surface area contributed by atoms with Crippen molar-refractivity contribution < 1.29 is 63.7 Å². The Labute approximate surface area is 364 Å². The van der Waals surface area contributed by atoms with Crippen LogP contribution in [0.3, 0.4) is 0 Å². The maximum absolute atomic E-state index is 15.1. The van der Waals surface area contributed by atoms with Gasteiger partial charge in [0.1, 0.15) is 29.5 Å². The van der Waals surface area contributed by atoms with Crippen LogP contribution in [0.2, 0.25) is 0 Å². The number of benzene rings is 2. The molecule has 0 saturated carbocycles. The van der Waals surface area contributed by atoms with Gasteiger partial charge in [-0.2, -0.15) is 0 Å². The summed E-state index contributed by atoms with van der Waals surface area (Å²) in [5.74, 6) is -4.51. The molecule has 2 aromatic carbocycles. The van der Waals surface area contributed by atoms with Crippen LogP contribution in [0.1, 0.15) is 114 Å². The van der Waals surface area contributed by atoms with Crippen LogP contribution >= 0.6 is 0 Å². The number of ether oxygens (including phenoxy) is 4. The first-order valence-electron chi connectivity index (χ1n) is 20.6. The molecule has 0 amide bonds. The molecule has 15 nitrogen and oxygen atoms in total. The molecule has 62 heavy (non-hydrogen) atoms. The van der Waals surface area contributed by atoms with Gasteiger partial charge in [0, 0.05) is 51.3 Å². The number of aliphatic hydroxyl groups is 4. The van der Waals surface area contributed by atoms with E-state index in [1.165, 1.54) is 109 Å². The second-order valence-electron chi connectivity index (χ2n) is 20.6. The molecule has 1 fully saturated rings. The minimum atomic E-state index is -3.88. The van der Waals surface area contributed by atoms with Crippen LogP contribution in [0.25, 0.3) is 11.3 Å². The third-order valence-corrected chi connectivity index (χ3v) is 11.2. The molecule has 0 bridgehead atoms. The molecular formula is C47H66N2O13. The van der Waals surface area contributed by atoms with Crippen molar-refractivity contribution in [2.45, 2.75) is 145 Å². The number of aliphatic hydroxyl groups excluding tert-OH is 1. The molecule has 1 saturated heterocycles. The van der Waals surface area contributed by atoms with Crippen LogP contribution in [-0.2, 0) is 30.3 Å². The van der Waals surface area contributed by atoms with E-state index in [9.17, 15) is 35.1 Å². The summed E-state index contributed by atoms with van der Waals surface area (Å²) < 4.78 is 25.6. The largest absolute Gasteiger partial charge is 0.508 e. The summed E-state index contributed by atoms with van der Waals surface area (Å²) >= 11 is 0. The maximum atomic E-state index is 15.1. The lowest BCUT2D eigenvalue weighted by Crippen LogP contribution is -2.90. The molecule has 0 aliphatic carbocycles. The fraction of sp³-hybridized carbons (Fsp3) is 0.596. The summed E-state index contributed by atoms with van der Waals surface area (Å²) in [6.07, 6.45) is -7.57. The van der Waals surface area contributed by atoms with Gasteiger partial charge in [-0.25, -0.2) is 0 Å². The molecule has 0 radical (unpaired) electrons. The average Bonchev–Trinajstić information content (AvgIpc) is 3.53. The van der Waals surface area contributed by atoms with E-state index in [1.54, 1.807) is 35.0 Å². The van der Waals surface area contributed by atoms with Crippen LogP contribution < -0.4 is 14.2 Å². The predicted octanol–water partition coefficient (Wildman–Crippen LogP) is 5.56. The Hall–Kier alpha value is -4.67. The molecular weight excluding hydrogens is 801 g/mol. The zero-order valence-corrected chi connectivity index (χ0v) is 39.0. The number of nitrogens with zero attached hydrogens (tertiary/aromatic N) is 2. The second-order valence-corrected chi connectivity index (χ2v) is 20.6. The minimum absolute atomic E-state index is 0.0442. The number of rotatable bonds is 13. The number of carbonyl (C=O) groups is 4. The lowest BCUT2D eigenvalue weighted by molar-refractivity contribution is -0.363. The van der Waals surface area contributed by atoms with Crippen molar-refractivity contribution in [2.24, 2.45) is 21.7 Å². The zero-order valence-electron chi connectivity index (χ0n) is 39.0. The van der Waals surface area contributed by atoms with E-state index in [4.69, 9.17) is 24.0 Å². The second kappa shape index (κ2) is 16.8. The Bertz CT molecular complexity index is 2180. The Morgan fingerprint density at radius 1 is 0.758 bits per heavy atom. The lowest BCUT2D eigenvalue weighted by atomic mass is 9.52. The average molecular weight is 867 g/mol. The van der Waals surface area contributed by atoms with Crippen LogP contribution in [0, 0.1) is 21.7 Å². The Balaban J connectivity index is 2.24. The number of aromatic hydroxyl groups is 1. The van der Waals surface area contributed by atoms with E-state index in [0.29, 0.717) is 28.1 Å². The fourth-order valence-corrected chi connectivity index (χ4v) is 7.89. The van der Waals surface area contributed by atoms with Crippen LogP contribution in [0.15, 0.2) is 42.5 Å². The van der Waals surface area contributed by atoms with E-state index in [1.807, 2.05) is 13.8 Å². The fourth-order valence-electron chi connectivity index (χ4n) is 7.89. The van der Waals surface area contributed by atoms with Crippen LogP contribution in [0.5, 0.6) is 23.1 Å². The van der Waals surface area contributed by atoms with E-state index < -0.39 is 80.1 Å². The number of carbonyl (C=O) groups excluding carboxylic acids is 4. The van der Waals surface area contributed by atoms with E-state index in [-0.39, 0.29) is 29.8 Å². The van der Waals surface area contributed by atoms with Crippen molar-refractivity contribution in [3.8, 4) is 34.4 Å². The van der Waals surface area contributed by atoms with Gasteiger partial charge in [-0.15, -0.1) is 5.10 Å². The Kier molecular flexibility index (Phi) is 13.5. The Morgan fingerprint density at radius 2 is 1.27 bits per heavy atom. The quantitative estimate of drug-likeness (QED) is 0.142. The molecule has 1 aromatic heterocycles. The van der Waals surface area contributed by atoms with E-state index >= 15 is 9.59 Å². The van der Waals surface area contributed by atoms with Gasteiger partial charge >= 0.3 is 0 Å². The Morgan fingerprint density at radius 3 is 1.73 bits per heavy atom. The third-order valence-electron chi connectivity index (χ3n) is 11.2. The van der Waals surface area contributed by atoms with Gasteiger partial charge in [0.05, 0.1) is 19.9 Å². The zero-order chi connectivity index (χ0) is 47.5. The number of phenolic OH excluding ortho intramolecular Hbond substituents is 1. The van der Waals surface area contributed by atoms with Gasteiger partial charge in [-0.3, -0.25) is 23.9 Å². The lowest BCUT2D eigenvalue weighted by Gasteiger charge is -2.61. The van der Waals surface area contributed by atoms with Crippen molar-refractivity contribution in [1.29, 1.82) is 0 Å². The number of hydrogen-bond donors (Lipinski definition) is 5. The monoisotopic (exact) mass is 866 g/mol. The van der Waals surface area contributed by atoms with Crippen molar-refractivity contribution in [1.82, 2.24) is 9.78 Å². The molecule has 4 rings (SSSR count). The molecule has 0 spiro atoms. The highest BCUT2D eigenvalue weighted by atomic mass is 16.7. The van der Waals surface area contributed by atoms with Gasteiger partial charge < -0.3 is 44.5 Å². The molecule has 2 heterocycles. The summed E-state index contributed by atoms with van der Waals surface area (Å²) in [5, 5.41) is 67.2. The predicted molar refractivity (Wildman–Crippen MR) is 230 cm³/mol. The standard InChI is InChI=1S/C47H66N2O13/c1-25(2)49-32(26-18-21-29(59-15)22-19-26)30(23-27-17-20-28(50)24-31(27)60-16)36(48-49)62-40-46(57,38(54)43(9,10)11)47(58,39(55)44(12,13)14)45(56,37(53)42(6,7)8)35(61-40)33(51)34(52)41(3,4)5/h17-22,24-25,33,35,40,50-51,56-58H,23H2,1-16H3/t33?,35-,40+,45+,46+,47+/m1/s1. The molecule has 1 aliphatic rings. The number of Topliss-reactive ketones (excluding diaryl/α,β-unsaturated/α-hetero) is 4. The SMILES string of the molecule is COc1ccc(-c2c(Cc3ccc(O)cc3OC)c(O[C@@H]3O[C@H](C(O)C(=O)C(C)(C)C)[C@](O)(C(=O)C(C)(C)C)[C@@](O)(C(=O)C(C)(C)C)[C@]3(O)C(=O)C(C)(C)C)nn2C(C)C)cc1. The molecule has 342 valence electrons. The number of hydrogen-bond acceptors (Lipinski definition) is 14. The molecule has 3 aromatic rings. The van der Waals surface area contributed by atoms with Crippen molar-refractivity contribution in [3.05, 3.63) is 53.6 Å². The third kappa shape index (κ3) is 8.54. The first kappa shape index (κ1) is 50.0. The number of ketones is 4. The molecule has 1 aliphatic heterocycles. The van der Waals surface area contributed by atoms with E-state index in [2.05, 4.69) is 0 Å². The topological polar surface area (TPSA) is 224 Å². The normalized spacial score (nSPS) is 24.1. The van der Waals surface area contributed by atoms with Crippen LogP contribution in [0.4, 0.5) is 0 Å². The molecule has 15 heteroatoms. The molecule has 5 N–H and O–H groups in total. The molecule has 1 unspecified atom stereocenters. The first-order valence-corrected chi connectivity index (χ1v) is 20.6. The van der Waals surface area contributed by atoms with Gasteiger partial charge in [-0.1, -0.05) is 89.2 Å². The van der Waals surface area contributed by atoms with Gasteiger partial charge in [-0.05, 0) is 49.7 Å². The number of aromatic nitrogens is 2. The van der Waals surface area contributed by atoms with Crippen molar-refractivity contribution in [3.63, 3.8) is 0 Å². The number of methoxy groups -OCH3 is 2. The van der Waals surface area contributed by atoms with Gasteiger partial charge in [0.15, 0.2) is 28.7 Å². The number of phenols is 1. The highest BCUT2D eigenvalue weighted by Crippen LogP contribution is 2.54. The van der Waals surface area contributed by atoms with Crippen molar-refractivity contribution in [2.75, 3.05) is 14.2 Å². The van der Waals surface area contributed by atoms with Gasteiger partial charge in [0.25, 0.3) is 0 Å². The molecule has 6 atom stereocenters. The maximum Gasteiger partial charge on any atom is 0.242 e. The first-order chi connectivity index (χ1) is 28.1. The summed E-state index contributed by atoms with van der Waals surface area (Å²) in [6, 6.07) is 11.1. The van der Waals surface area contributed by atoms with E-state index in [0.717, 1.165) is 0 Å². The minimum Gasteiger partial charge on any atom is -0.508 e. The van der Waals surface area contributed by atoms with Crippen molar-refractivity contribution >= 4 is 23.1 Å². The highest BCUT2D eigenvalue weighted by molar-refractivity contribution is 6.10. The summed E-state index contributed by atoms with van der Waals surface area (Å²) in [6.45, 7) is 20.4. The highest BCUT2D eigenvalue weighted by Gasteiger charge is 2.84. The van der Waals surface area contributed by atoms with Gasteiger partial charge in [0.2, 0.25) is 23.4 Å². The summed E-state index contributed by atoms with van der Waals surface area (Å²) in [5.41, 5.74) is -15.7.